The summed E-state index contributed by atoms with van der Waals surface area (Å²) in [6.45, 7) is 2.75. The highest BCUT2D eigenvalue weighted by atomic mass is 15.3. The van der Waals surface area contributed by atoms with Crippen molar-refractivity contribution < 1.29 is 0 Å². The Balaban J connectivity index is 1.73. The normalized spacial score (nSPS) is 10.8. The molecule has 2 heterocycles. The number of aryl methyl sites for hydroxylation is 2. The lowest BCUT2D eigenvalue weighted by Crippen LogP contribution is -2.12. The fourth-order valence-electron chi connectivity index (χ4n) is 2.23. The molecule has 0 unspecified atom stereocenters. The van der Waals surface area contributed by atoms with Crippen LogP contribution in [-0.4, -0.2) is 30.9 Å². The Morgan fingerprint density at radius 3 is 2.71 bits per heavy atom. The van der Waals surface area contributed by atoms with Crippen LogP contribution in [0.4, 0.5) is 5.95 Å². The van der Waals surface area contributed by atoms with Crippen molar-refractivity contribution in [2.75, 3.05) is 11.9 Å². The summed E-state index contributed by atoms with van der Waals surface area (Å²) in [7, 11) is 1.95. The maximum atomic E-state index is 4.54. The molecule has 0 aliphatic rings. The van der Waals surface area contributed by atoms with Gasteiger partial charge in [-0.15, -0.1) is 10.2 Å². The van der Waals surface area contributed by atoms with Crippen LogP contribution < -0.4 is 5.32 Å². The van der Waals surface area contributed by atoms with Gasteiger partial charge < -0.3 is 9.88 Å². The van der Waals surface area contributed by atoms with Gasteiger partial charge in [0.05, 0.1) is 5.69 Å². The highest BCUT2D eigenvalue weighted by molar-refractivity contribution is 5.42. The van der Waals surface area contributed by atoms with E-state index in [4.69, 9.17) is 0 Å². The van der Waals surface area contributed by atoms with Crippen molar-refractivity contribution in [1.29, 1.82) is 0 Å². The average molecular weight is 282 g/mol. The zero-order chi connectivity index (χ0) is 14.7. The van der Waals surface area contributed by atoms with E-state index in [1.54, 1.807) is 6.33 Å². The molecule has 0 saturated heterocycles. The molecular weight excluding hydrogens is 264 g/mol. The van der Waals surface area contributed by atoms with Crippen LogP contribution in [0.15, 0.2) is 42.9 Å². The van der Waals surface area contributed by atoms with E-state index in [0.29, 0.717) is 0 Å². The van der Waals surface area contributed by atoms with Crippen LogP contribution in [0.1, 0.15) is 11.5 Å². The van der Waals surface area contributed by atoms with Gasteiger partial charge in [-0.1, -0.05) is 18.2 Å². The number of aromatic nitrogens is 5. The number of hydrogen-bond acceptors (Lipinski definition) is 4. The fourth-order valence-corrected chi connectivity index (χ4v) is 2.23. The predicted molar refractivity (Wildman–Crippen MR) is 81.5 cm³/mol. The van der Waals surface area contributed by atoms with Crippen LogP contribution in [0.25, 0.3) is 5.69 Å². The highest BCUT2D eigenvalue weighted by Crippen LogP contribution is 2.16. The molecule has 0 aliphatic heterocycles. The van der Waals surface area contributed by atoms with Crippen molar-refractivity contribution in [1.82, 2.24) is 24.3 Å². The Kier molecular flexibility index (Phi) is 3.68. The number of nitrogens with one attached hydrogen (secondary N) is 1. The van der Waals surface area contributed by atoms with Gasteiger partial charge >= 0.3 is 0 Å². The molecular formula is C15H18N6. The second kappa shape index (κ2) is 5.78. The van der Waals surface area contributed by atoms with Gasteiger partial charge in [-0.05, 0) is 19.1 Å². The second-order valence-electron chi connectivity index (χ2n) is 4.95. The molecule has 0 saturated carbocycles. The summed E-state index contributed by atoms with van der Waals surface area (Å²) in [4.78, 5) is 4.54. The summed E-state index contributed by atoms with van der Waals surface area (Å²) in [6, 6.07) is 10.2. The first-order valence-electron chi connectivity index (χ1n) is 6.92. The maximum absolute atomic E-state index is 4.54. The molecule has 0 fully saturated rings. The minimum atomic E-state index is 0.760. The summed E-state index contributed by atoms with van der Waals surface area (Å²) in [5, 5.41) is 11.3. The lowest BCUT2D eigenvalue weighted by Gasteiger charge is -2.09. The molecule has 0 atom stereocenters. The van der Waals surface area contributed by atoms with Gasteiger partial charge in [0.25, 0.3) is 0 Å². The molecule has 6 nitrogen and oxygen atoms in total. The van der Waals surface area contributed by atoms with Gasteiger partial charge in [-0.3, -0.25) is 4.57 Å². The van der Waals surface area contributed by atoms with Gasteiger partial charge in [0.15, 0.2) is 0 Å². The Morgan fingerprint density at radius 2 is 2.00 bits per heavy atom. The first kappa shape index (κ1) is 13.4. The Hall–Kier alpha value is -2.63. The minimum absolute atomic E-state index is 0.760. The summed E-state index contributed by atoms with van der Waals surface area (Å²) in [5.41, 5.74) is 2.08. The largest absolute Gasteiger partial charge is 0.355 e. The molecule has 0 radical (unpaired) electrons. The second-order valence-corrected chi connectivity index (χ2v) is 4.95. The molecule has 0 amide bonds. The smallest absolute Gasteiger partial charge is 0.207 e. The first-order valence-corrected chi connectivity index (χ1v) is 6.92. The molecule has 3 rings (SSSR count). The van der Waals surface area contributed by atoms with Crippen LogP contribution in [0.5, 0.6) is 0 Å². The number of hydrogen-bond donors (Lipinski definition) is 1. The van der Waals surface area contributed by atoms with Crippen LogP contribution in [0.3, 0.4) is 0 Å². The molecule has 1 aromatic carbocycles. The van der Waals surface area contributed by atoms with Gasteiger partial charge in [0.1, 0.15) is 12.2 Å². The van der Waals surface area contributed by atoms with E-state index in [-0.39, 0.29) is 0 Å². The number of imidazole rings is 1. The summed E-state index contributed by atoms with van der Waals surface area (Å²) in [6.07, 6.45) is 4.54. The topological polar surface area (TPSA) is 60.6 Å². The average Bonchev–Trinajstić information content (AvgIpc) is 3.06. The van der Waals surface area contributed by atoms with Crippen molar-refractivity contribution in [3.63, 3.8) is 0 Å². The number of benzene rings is 1. The highest BCUT2D eigenvalue weighted by Gasteiger charge is 2.07. The Labute approximate surface area is 123 Å². The first-order chi connectivity index (χ1) is 10.2. The Bertz CT molecular complexity index is 713. The molecule has 1 N–H and O–H groups in total. The quantitative estimate of drug-likeness (QED) is 0.777. The van der Waals surface area contributed by atoms with Crippen molar-refractivity contribution >= 4 is 5.95 Å². The molecule has 3 aromatic rings. The van der Waals surface area contributed by atoms with Crippen molar-refractivity contribution in [3.05, 3.63) is 54.4 Å². The third kappa shape index (κ3) is 2.94. The van der Waals surface area contributed by atoms with E-state index < -0.39 is 0 Å². The Morgan fingerprint density at radius 1 is 1.19 bits per heavy atom. The zero-order valence-electron chi connectivity index (χ0n) is 12.2. The van der Waals surface area contributed by atoms with E-state index in [9.17, 15) is 0 Å². The summed E-state index contributed by atoms with van der Waals surface area (Å²) in [5.74, 6) is 1.80. The van der Waals surface area contributed by atoms with Crippen LogP contribution in [0.2, 0.25) is 0 Å². The lowest BCUT2D eigenvalue weighted by atomic mass is 10.3. The third-order valence-corrected chi connectivity index (χ3v) is 3.30. The van der Waals surface area contributed by atoms with E-state index in [1.807, 2.05) is 42.9 Å². The molecule has 0 spiro atoms. The van der Waals surface area contributed by atoms with Crippen molar-refractivity contribution in [2.45, 2.75) is 13.3 Å². The van der Waals surface area contributed by atoms with E-state index in [2.05, 4.69) is 37.2 Å². The van der Waals surface area contributed by atoms with Gasteiger partial charge in [-0.25, -0.2) is 4.98 Å². The molecule has 2 aromatic heterocycles. The zero-order valence-corrected chi connectivity index (χ0v) is 12.2. The molecule has 0 aliphatic carbocycles. The van der Waals surface area contributed by atoms with Crippen LogP contribution in [0, 0.1) is 6.92 Å². The fraction of sp³-hybridized carbons (Fsp3) is 0.267. The number of nitrogens with zero attached hydrogens (tertiary/aromatic N) is 5. The molecule has 21 heavy (non-hydrogen) atoms. The van der Waals surface area contributed by atoms with Crippen molar-refractivity contribution in [2.24, 2.45) is 7.05 Å². The minimum Gasteiger partial charge on any atom is -0.355 e. The van der Waals surface area contributed by atoms with Crippen LogP contribution >= 0.6 is 0 Å². The molecule has 6 heteroatoms. The number of para-hydroxylation sites is 1. The van der Waals surface area contributed by atoms with Gasteiger partial charge in [-0.2, -0.15) is 0 Å². The summed E-state index contributed by atoms with van der Waals surface area (Å²) < 4.78 is 3.99. The number of anilines is 1. The molecule has 0 bridgehead atoms. The summed E-state index contributed by atoms with van der Waals surface area (Å²) >= 11 is 0. The standard InChI is InChI=1S/C15H18N6/c1-12-10-21(13-6-4-3-5-7-13)15(18-12)16-9-8-14-19-17-11-20(14)2/h3-7,10-11H,8-9H2,1-2H3,(H,16,18). The van der Waals surface area contributed by atoms with Crippen molar-refractivity contribution in [3.8, 4) is 5.69 Å². The lowest BCUT2D eigenvalue weighted by molar-refractivity contribution is 0.784. The van der Waals surface area contributed by atoms with E-state index in [1.165, 1.54) is 0 Å². The van der Waals surface area contributed by atoms with E-state index in [0.717, 1.165) is 36.1 Å². The monoisotopic (exact) mass is 282 g/mol. The predicted octanol–water partition coefficient (Wildman–Crippen LogP) is 1.96. The SMILES string of the molecule is Cc1cn(-c2ccccc2)c(NCCc2nncn2C)n1. The van der Waals surface area contributed by atoms with Gasteiger partial charge in [0.2, 0.25) is 5.95 Å². The van der Waals surface area contributed by atoms with Crippen LogP contribution in [-0.2, 0) is 13.5 Å². The maximum Gasteiger partial charge on any atom is 0.207 e. The number of rotatable bonds is 5. The molecule has 108 valence electrons. The third-order valence-electron chi connectivity index (χ3n) is 3.30. The van der Waals surface area contributed by atoms with Gasteiger partial charge in [0, 0.05) is 31.9 Å². The van der Waals surface area contributed by atoms with E-state index >= 15 is 0 Å².